The van der Waals surface area contributed by atoms with E-state index in [1.807, 2.05) is 0 Å². The largest absolute Gasteiger partial charge is 0.465 e. The lowest BCUT2D eigenvalue weighted by Gasteiger charge is -2.16. The van der Waals surface area contributed by atoms with E-state index in [-0.39, 0.29) is 35.9 Å². The molecule has 0 heterocycles. The van der Waals surface area contributed by atoms with Gasteiger partial charge in [0.1, 0.15) is 6.54 Å². The molecule has 0 fully saturated rings. The summed E-state index contributed by atoms with van der Waals surface area (Å²) in [7, 11) is 0. The summed E-state index contributed by atoms with van der Waals surface area (Å²) in [5.41, 5.74) is 0.0700. The molecule has 11 nitrogen and oxygen atoms in total. The summed E-state index contributed by atoms with van der Waals surface area (Å²) in [6, 6.07) is 10.9. The second kappa shape index (κ2) is 8.99. The fourth-order valence-electron chi connectivity index (χ4n) is 2.05. The van der Waals surface area contributed by atoms with Gasteiger partial charge in [-0.3, -0.25) is 25.0 Å². The van der Waals surface area contributed by atoms with Crippen LogP contribution in [0, 0.1) is 20.2 Å². The maximum absolute atomic E-state index is 11.8. The number of anilines is 1. The molecule has 0 amide bonds. The monoisotopic (exact) mass is 373 g/mol. The van der Waals surface area contributed by atoms with Gasteiger partial charge in [0.2, 0.25) is 0 Å². The SMILES string of the molecule is CCOC(=O)CN(N=Nc1cccc([N+](=O)[O-])c1)c1cccc([N+](=O)[O-])c1. The minimum atomic E-state index is -0.609. The Labute approximate surface area is 153 Å². The summed E-state index contributed by atoms with van der Waals surface area (Å²) in [5.74, 6) is -0.609. The van der Waals surface area contributed by atoms with Crippen molar-refractivity contribution in [2.45, 2.75) is 6.92 Å². The molecule has 0 atom stereocenters. The third kappa shape index (κ3) is 5.56. The molecular weight excluding hydrogens is 358 g/mol. The lowest BCUT2D eigenvalue weighted by Crippen LogP contribution is -2.26. The smallest absolute Gasteiger partial charge is 0.327 e. The van der Waals surface area contributed by atoms with Gasteiger partial charge < -0.3 is 4.74 Å². The molecular formula is C16H15N5O6. The van der Waals surface area contributed by atoms with Crippen LogP contribution in [0.3, 0.4) is 0 Å². The van der Waals surface area contributed by atoms with E-state index in [4.69, 9.17) is 4.74 Å². The Morgan fingerprint density at radius 1 is 1.07 bits per heavy atom. The lowest BCUT2D eigenvalue weighted by atomic mass is 10.2. The van der Waals surface area contributed by atoms with Gasteiger partial charge in [0, 0.05) is 24.3 Å². The zero-order valence-electron chi connectivity index (χ0n) is 14.2. The normalized spacial score (nSPS) is 10.6. The van der Waals surface area contributed by atoms with Gasteiger partial charge in [0.15, 0.2) is 0 Å². The number of esters is 1. The zero-order chi connectivity index (χ0) is 19.8. The number of hydrogen-bond donors (Lipinski definition) is 0. The molecule has 2 aromatic rings. The minimum absolute atomic E-state index is 0.156. The van der Waals surface area contributed by atoms with Crippen LogP contribution in [0.2, 0.25) is 0 Å². The predicted molar refractivity (Wildman–Crippen MR) is 94.7 cm³/mol. The molecule has 0 unspecified atom stereocenters. The molecule has 0 bridgehead atoms. The van der Waals surface area contributed by atoms with Crippen LogP contribution in [0.1, 0.15) is 6.92 Å². The third-order valence-electron chi connectivity index (χ3n) is 3.23. The van der Waals surface area contributed by atoms with E-state index in [0.29, 0.717) is 0 Å². The van der Waals surface area contributed by atoms with Crippen molar-refractivity contribution in [2.75, 3.05) is 18.2 Å². The molecule has 0 aliphatic heterocycles. The van der Waals surface area contributed by atoms with Gasteiger partial charge in [0.05, 0.1) is 27.8 Å². The Morgan fingerprint density at radius 2 is 1.70 bits per heavy atom. The molecule has 27 heavy (non-hydrogen) atoms. The van der Waals surface area contributed by atoms with Crippen LogP contribution in [-0.2, 0) is 9.53 Å². The number of benzene rings is 2. The van der Waals surface area contributed by atoms with Crippen LogP contribution in [0.25, 0.3) is 0 Å². The first-order valence-corrected chi connectivity index (χ1v) is 7.74. The van der Waals surface area contributed by atoms with Gasteiger partial charge >= 0.3 is 5.97 Å². The zero-order valence-corrected chi connectivity index (χ0v) is 14.2. The van der Waals surface area contributed by atoms with Crippen molar-refractivity contribution in [3.8, 4) is 0 Å². The molecule has 0 aliphatic rings. The highest BCUT2D eigenvalue weighted by Gasteiger charge is 2.16. The van der Waals surface area contributed by atoms with Gasteiger partial charge in [-0.2, -0.15) is 0 Å². The first kappa shape index (κ1) is 19.4. The Balaban J connectivity index is 2.33. The van der Waals surface area contributed by atoms with Crippen molar-refractivity contribution in [1.29, 1.82) is 0 Å². The molecule has 0 radical (unpaired) electrons. The van der Waals surface area contributed by atoms with E-state index in [2.05, 4.69) is 10.3 Å². The Kier molecular flexibility index (Phi) is 6.47. The molecule has 0 saturated carbocycles. The highest BCUT2D eigenvalue weighted by molar-refractivity contribution is 5.75. The van der Waals surface area contributed by atoms with E-state index in [1.54, 1.807) is 6.92 Å². The van der Waals surface area contributed by atoms with Crippen molar-refractivity contribution in [3.05, 3.63) is 68.8 Å². The number of carbonyl (C=O) groups is 1. The molecule has 0 aromatic heterocycles. The molecule has 11 heteroatoms. The fraction of sp³-hybridized carbons (Fsp3) is 0.188. The molecule has 140 valence electrons. The number of nitro groups is 2. The highest BCUT2D eigenvalue weighted by Crippen LogP contribution is 2.24. The third-order valence-corrected chi connectivity index (χ3v) is 3.23. The van der Waals surface area contributed by atoms with Gasteiger partial charge in [-0.1, -0.05) is 17.4 Å². The number of non-ortho nitro benzene ring substituents is 2. The maximum Gasteiger partial charge on any atom is 0.327 e. The predicted octanol–water partition coefficient (Wildman–Crippen LogP) is 3.57. The molecule has 0 spiro atoms. The average Bonchev–Trinajstić information content (AvgIpc) is 2.65. The summed E-state index contributed by atoms with van der Waals surface area (Å²) in [5, 5.41) is 30.7. The van der Waals surface area contributed by atoms with E-state index in [0.717, 1.165) is 5.01 Å². The Morgan fingerprint density at radius 3 is 2.33 bits per heavy atom. The first-order valence-electron chi connectivity index (χ1n) is 7.74. The van der Waals surface area contributed by atoms with Crippen molar-refractivity contribution >= 4 is 28.7 Å². The van der Waals surface area contributed by atoms with Crippen LogP contribution < -0.4 is 5.01 Å². The van der Waals surface area contributed by atoms with Crippen LogP contribution in [0.15, 0.2) is 58.9 Å². The summed E-state index contributed by atoms with van der Waals surface area (Å²) < 4.78 is 4.87. The van der Waals surface area contributed by atoms with Gasteiger partial charge in [0.25, 0.3) is 11.4 Å². The van der Waals surface area contributed by atoms with Crippen molar-refractivity contribution in [2.24, 2.45) is 10.3 Å². The van der Waals surface area contributed by atoms with Gasteiger partial charge in [-0.05, 0) is 19.1 Å². The van der Waals surface area contributed by atoms with Crippen LogP contribution in [0.4, 0.5) is 22.7 Å². The standard InChI is InChI=1S/C16H15N5O6/c1-2-27-16(22)11-19(13-6-4-8-15(10-13)21(25)26)18-17-12-5-3-7-14(9-12)20(23)24/h3-10H,2,11H2,1H3. The number of carbonyl (C=O) groups excluding carboxylic acids is 1. The topological polar surface area (TPSA) is 141 Å². The van der Waals surface area contributed by atoms with E-state index < -0.39 is 15.8 Å². The number of hydrogen-bond acceptors (Lipinski definition) is 8. The Bertz CT molecular complexity index is 885. The van der Waals surface area contributed by atoms with Crippen LogP contribution >= 0.6 is 0 Å². The fourth-order valence-corrected chi connectivity index (χ4v) is 2.05. The van der Waals surface area contributed by atoms with Crippen molar-refractivity contribution in [1.82, 2.24) is 0 Å². The number of nitro benzene ring substituents is 2. The second-order valence-corrected chi connectivity index (χ2v) is 5.11. The highest BCUT2D eigenvalue weighted by atomic mass is 16.6. The lowest BCUT2D eigenvalue weighted by molar-refractivity contribution is -0.385. The van der Waals surface area contributed by atoms with E-state index in [9.17, 15) is 25.0 Å². The molecule has 0 N–H and O–H groups in total. The van der Waals surface area contributed by atoms with E-state index in [1.165, 1.54) is 48.5 Å². The number of nitrogens with zero attached hydrogens (tertiary/aromatic N) is 5. The summed E-state index contributed by atoms with van der Waals surface area (Å²) >= 11 is 0. The van der Waals surface area contributed by atoms with E-state index >= 15 is 0 Å². The van der Waals surface area contributed by atoms with Crippen LogP contribution in [0.5, 0.6) is 0 Å². The molecule has 0 saturated heterocycles. The summed E-state index contributed by atoms with van der Waals surface area (Å²) in [6.45, 7) is 1.46. The Hall–Kier alpha value is -3.89. The molecule has 2 aromatic carbocycles. The first-order chi connectivity index (χ1) is 12.9. The van der Waals surface area contributed by atoms with Gasteiger partial charge in [-0.25, -0.2) is 5.01 Å². The average molecular weight is 373 g/mol. The second-order valence-electron chi connectivity index (χ2n) is 5.11. The number of rotatable bonds is 8. The van der Waals surface area contributed by atoms with Gasteiger partial charge in [-0.15, -0.1) is 5.11 Å². The quantitative estimate of drug-likeness (QED) is 0.298. The number of ether oxygens (including phenoxy) is 1. The molecule has 2 rings (SSSR count). The maximum atomic E-state index is 11.8. The summed E-state index contributed by atoms with van der Waals surface area (Å²) in [4.78, 5) is 32.4. The van der Waals surface area contributed by atoms with Crippen molar-refractivity contribution < 1.29 is 19.4 Å². The minimum Gasteiger partial charge on any atom is -0.465 e. The molecule has 0 aliphatic carbocycles. The summed E-state index contributed by atoms with van der Waals surface area (Å²) in [6.07, 6.45) is 0. The van der Waals surface area contributed by atoms with Crippen molar-refractivity contribution in [3.63, 3.8) is 0 Å². The van der Waals surface area contributed by atoms with Crippen LogP contribution in [-0.4, -0.2) is 29.0 Å².